The number of nitrogens with zero attached hydrogens (tertiary/aromatic N) is 3. The van der Waals surface area contributed by atoms with Crippen molar-refractivity contribution in [3.05, 3.63) is 51.6 Å². The zero-order valence-corrected chi connectivity index (χ0v) is 14.2. The summed E-state index contributed by atoms with van der Waals surface area (Å²) in [4.78, 5) is 24.6. The monoisotopic (exact) mass is 342 g/mol. The number of rotatable bonds is 5. The number of fused-ring (bicyclic) bond motifs is 1. The Hall–Kier alpha value is -3.16. The van der Waals surface area contributed by atoms with E-state index in [1.165, 1.54) is 0 Å². The second-order valence-corrected chi connectivity index (χ2v) is 5.60. The third kappa shape index (κ3) is 3.23. The van der Waals surface area contributed by atoms with Gasteiger partial charge in [-0.25, -0.2) is 4.68 Å². The van der Waals surface area contributed by atoms with Crippen LogP contribution in [0.15, 0.2) is 33.6 Å². The summed E-state index contributed by atoms with van der Waals surface area (Å²) >= 11 is 0. The number of carbonyl (C=O) groups is 1. The molecule has 1 aromatic carbocycles. The highest BCUT2D eigenvalue weighted by Gasteiger charge is 2.16. The number of methoxy groups -OCH3 is 1. The number of ether oxygens (including phenoxy) is 1. The van der Waals surface area contributed by atoms with Gasteiger partial charge in [-0.15, -0.1) is 0 Å². The minimum absolute atomic E-state index is 0.183. The van der Waals surface area contributed by atoms with Gasteiger partial charge in [-0.05, 0) is 19.9 Å². The highest BCUT2D eigenvalue weighted by molar-refractivity contribution is 5.82. The first-order valence-corrected chi connectivity index (χ1v) is 7.73. The van der Waals surface area contributed by atoms with Crippen molar-refractivity contribution in [2.75, 3.05) is 7.11 Å². The number of para-hydroxylation sites is 1. The molecule has 25 heavy (non-hydrogen) atoms. The summed E-state index contributed by atoms with van der Waals surface area (Å²) in [5.74, 6) is 0.887. The Morgan fingerprint density at radius 3 is 2.84 bits per heavy atom. The van der Waals surface area contributed by atoms with Gasteiger partial charge in [0.05, 0.1) is 18.2 Å². The van der Waals surface area contributed by atoms with Gasteiger partial charge in [0.2, 0.25) is 5.91 Å². The van der Waals surface area contributed by atoms with Crippen LogP contribution in [0, 0.1) is 13.8 Å². The smallest absolute Gasteiger partial charge is 0.297 e. The van der Waals surface area contributed by atoms with Crippen molar-refractivity contribution in [1.82, 2.24) is 20.3 Å². The normalized spacial score (nSPS) is 10.8. The van der Waals surface area contributed by atoms with E-state index in [-0.39, 0.29) is 18.0 Å². The summed E-state index contributed by atoms with van der Waals surface area (Å²) in [6, 6.07) is 7.39. The first-order valence-electron chi connectivity index (χ1n) is 7.73. The summed E-state index contributed by atoms with van der Waals surface area (Å²) in [6.07, 6.45) is 0. The summed E-state index contributed by atoms with van der Waals surface area (Å²) in [5, 5.41) is 11.3. The van der Waals surface area contributed by atoms with Gasteiger partial charge < -0.3 is 14.6 Å². The Balaban J connectivity index is 1.76. The molecule has 0 saturated heterocycles. The molecular formula is C17H18N4O4. The van der Waals surface area contributed by atoms with Gasteiger partial charge in [-0.3, -0.25) is 9.59 Å². The van der Waals surface area contributed by atoms with Gasteiger partial charge in [-0.2, -0.15) is 5.10 Å². The zero-order chi connectivity index (χ0) is 18.0. The quantitative estimate of drug-likeness (QED) is 0.751. The molecule has 0 unspecified atom stereocenters. The van der Waals surface area contributed by atoms with E-state index >= 15 is 0 Å². The van der Waals surface area contributed by atoms with Crippen LogP contribution in [0.25, 0.3) is 10.9 Å². The number of nitrogens with one attached hydrogen (secondary N) is 1. The molecule has 0 aliphatic carbocycles. The second-order valence-electron chi connectivity index (χ2n) is 5.60. The van der Waals surface area contributed by atoms with Gasteiger partial charge in [-0.1, -0.05) is 23.4 Å². The lowest BCUT2D eigenvalue weighted by molar-refractivity contribution is -0.122. The summed E-state index contributed by atoms with van der Waals surface area (Å²) < 4.78 is 11.4. The van der Waals surface area contributed by atoms with Crippen molar-refractivity contribution in [2.24, 2.45) is 0 Å². The molecule has 0 bridgehead atoms. The molecule has 8 nitrogen and oxygen atoms in total. The van der Waals surface area contributed by atoms with E-state index in [0.29, 0.717) is 29.1 Å². The van der Waals surface area contributed by atoms with Gasteiger partial charge in [0.15, 0.2) is 5.52 Å². The van der Waals surface area contributed by atoms with Crippen molar-refractivity contribution in [3.8, 4) is 5.75 Å². The van der Waals surface area contributed by atoms with Gasteiger partial charge in [0.1, 0.15) is 18.1 Å². The molecule has 0 aliphatic heterocycles. The Labute approximate surface area is 143 Å². The number of amides is 1. The van der Waals surface area contributed by atoms with Crippen LogP contribution < -0.4 is 15.6 Å². The van der Waals surface area contributed by atoms with Crippen molar-refractivity contribution in [2.45, 2.75) is 26.9 Å². The van der Waals surface area contributed by atoms with E-state index in [1.807, 2.05) is 24.3 Å². The number of aryl methyl sites for hydroxylation is 2. The van der Waals surface area contributed by atoms with Crippen molar-refractivity contribution >= 4 is 16.8 Å². The van der Waals surface area contributed by atoms with Gasteiger partial charge in [0.25, 0.3) is 5.56 Å². The molecule has 3 rings (SSSR count). The molecular weight excluding hydrogens is 324 g/mol. The Bertz CT molecular complexity index is 990. The van der Waals surface area contributed by atoms with Crippen LogP contribution in [0.1, 0.15) is 17.0 Å². The Kier molecular flexibility index (Phi) is 4.51. The maximum Gasteiger partial charge on any atom is 0.297 e. The van der Waals surface area contributed by atoms with Crippen molar-refractivity contribution < 1.29 is 14.1 Å². The first-order chi connectivity index (χ1) is 12.0. The molecule has 2 heterocycles. The minimum atomic E-state index is -0.454. The second kappa shape index (κ2) is 6.76. The van der Waals surface area contributed by atoms with E-state index < -0.39 is 5.56 Å². The molecule has 0 spiro atoms. The average Bonchev–Trinajstić information content (AvgIpc) is 3.00. The summed E-state index contributed by atoms with van der Waals surface area (Å²) in [5.41, 5.74) is 1.16. The fraction of sp³-hybridized carbons (Fsp3) is 0.294. The van der Waals surface area contributed by atoms with Gasteiger partial charge in [0, 0.05) is 12.1 Å². The SMILES string of the molecule is COc1ccccc1CNC(=O)Cn1nc(C)c2c(C)onc2c1=O. The Morgan fingerprint density at radius 2 is 2.08 bits per heavy atom. The molecule has 1 amide bonds. The van der Waals surface area contributed by atoms with E-state index in [0.717, 1.165) is 10.2 Å². The number of benzene rings is 1. The molecule has 0 atom stereocenters. The fourth-order valence-electron chi connectivity index (χ4n) is 2.68. The maximum absolute atomic E-state index is 12.4. The van der Waals surface area contributed by atoms with Crippen LogP contribution in [0.2, 0.25) is 0 Å². The predicted molar refractivity (Wildman–Crippen MR) is 90.4 cm³/mol. The highest BCUT2D eigenvalue weighted by atomic mass is 16.5. The highest BCUT2D eigenvalue weighted by Crippen LogP contribution is 2.17. The van der Waals surface area contributed by atoms with Gasteiger partial charge >= 0.3 is 0 Å². The molecule has 8 heteroatoms. The molecule has 130 valence electrons. The topological polar surface area (TPSA) is 99.2 Å². The standard InChI is InChI=1S/C17H18N4O4/c1-10-15-11(2)25-20-16(15)17(23)21(19-10)9-14(22)18-8-12-6-4-5-7-13(12)24-3/h4-7H,8-9H2,1-3H3,(H,18,22). The molecule has 3 aromatic rings. The molecule has 0 radical (unpaired) electrons. The Morgan fingerprint density at radius 1 is 1.32 bits per heavy atom. The van der Waals surface area contributed by atoms with Crippen LogP contribution in [0.4, 0.5) is 0 Å². The summed E-state index contributed by atoms with van der Waals surface area (Å²) in [7, 11) is 1.57. The fourth-order valence-corrected chi connectivity index (χ4v) is 2.68. The molecule has 0 fully saturated rings. The predicted octanol–water partition coefficient (Wildman–Crippen LogP) is 1.33. The van der Waals surface area contributed by atoms with Crippen LogP contribution in [0.5, 0.6) is 5.75 Å². The van der Waals surface area contributed by atoms with Crippen molar-refractivity contribution in [1.29, 1.82) is 0 Å². The number of hydrogen-bond donors (Lipinski definition) is 1. The van der Waals surface area contributed by atoms with Crippen molar-refractivity contribution in [3.63, 3.8) is 0 Å². The van der Waals surface area contributed by atoms with Crippen LogP contribution in [-0.4, -0.2) is 28.0 Å². The number of aromatic nitrogens is 3. The lowest BCUT2D eigenvalue weighted by Gasteiger charge is -2.10. The lowest BCUT2D eigenvalue weighted by atomic mass is 10.2. The molecule has 0 saturated carbocycles. The molecule has 2 aromatic heterocycles. The lowest BCUT2D eigenvalue weighted by Crippen LogP contribution is -2.34. The average molecular weight is 342 g/mol. The number of hydrogen-bond acceptors (Lipinski definition) is 6. The zero-order valence-electron chi connectivity index (χ0n) is 14.2. The van der Waals surface area contributed by atoms with Crippen LogP contribution >= 0.6 is 0 Å². The van der Waals surface area contributed by atoms with E-state index in [9.17, 15) is 9.59 Å². The largest absolute Gasteiger partial charge is 0.496 e. The van der Waals surface area contributed by atoms with E-state index in [4.69, 9.17) is 9.26 Å². The summed E-state index contributed by atoms with van der Waals surface area (Å²) in [6.45, 7) is 3.56. The maximum atomic E-state index is 12.4. The third-order valence-corrected chi connectivity index (χ3v) is 3.89. The molecule has 1 N–H and O–H groups in total. The number of carbonyl (C=O) groups excluding carboxylic acids is 1. The first kappa shape index (κ1) is 16.7. The van der Waals surface area contributed by atoms with Crippen LogP contribution in [-0.2, 0) is 17.9 Å². The van der Waals surface area contributed by atoms with Crippen LogP contribution in [0.3, 0.4) is 0 Å². The third-order valence-electron chi connectivity index (χ3n) is 3.89. The van der Waals surface area contributed by atoms with E-state index in [2.05, 4.69) is 15.6 Å². The van der Waals surface area contributed by atoms with E-state index in [1.54, 1.807) is 21.0 Å². The molecule has 0 aliphatic rings. The minimum Gasteiger partial charge on any atom is -0.496 e.